The lowest BCUT2D eigenvalue weighted by atomic mass is 9.53. The first-order valence-electron chi connectivity index (χ1n) is 13.3. The number of rotatable bonds is 5. The maximum atomic E-state index is 11.7. The molecule has 5 nitrogen and oxygen atoms in total. The number of aliphatic hydroxyl groups is 2. The first-order chi connectivity index (χ1) is 16.4. The van der Waals surface area contributed by atoms with Crippen LogP contribution in [0.25, 0.3) is 0 Å². The van der Waals surface area contributed by atoms with Gasteiger partial charge in [0.1, 0.15) is 6.29 Å². The third kappa shape index (κ3) is 4.66. The Morgan fingerprint density at radius 1 is 1.14 bits per heavy atom. The molecule has 2 aliphatic carbocycles. The molecule has 4 rings (SSSR count). The van der Waals surface area contributed by atoms with Gasteiger partial charge in [-0.25, -0.2) is 0 Å². The molecule has 2 saturated carbocycles. The molecule has 0 aromatic rings. The van der Waals surface area contributed by atoms with E-state index in [0.717, 1.165) is 55.1 Å². The topological polar surface area (TPSA) is 76.0 Å². The highest BCUT2D eigenvalue weighted by molar-refractivity contribution is 5.74. The van der Waals surface area contributed by atoms with Crippen molar-refractivity contribution in [3.8, 4) is 0 Å². The molecule has 4 fully saturated rings. The summed E-state index contributed by atoms with van der Waals surface area (Å²) in [5, 5.41) is 22.6. The van der Waals surface area contributed by atoms with E-state index in [-0.39, 0.29) is 17.9 Å². The van der Waals surface area contributed by atoms with Gasteiger partial charge in [0.05, 0.1) is 22.7 Å². The Balaban J connectivity index is 1.61. The van der Waals surface area contributed by atoms with Crippen molar-refractivity contribution < 1.29 is 24.5 Å². The van der Waals surface area contributed by atoms with Gasteiger partial charge in [-0.15, -0.1) is 0 Å². The predicted molar refractivity (Wildman–Crippen MR) is 138 cm³/mol. The summed E-state index contributed by atoms with van der Waals surface area (Å²) < 4.78 is 12.7. The SMILES string of the molecule is C=C(C)[C@H]1CC[C@@](C)(O)[C@@H]1/C=C/C(C)=C/[C@@H]1C[C@@]23[C@H](OCCC[C@@H]2/C(=C(/C)C=O)CC[C@]3(C)O)O1. The van der Waals surface area contributed by atoms with Crippen LogP contribution in [0, 0.1) is 23.2 Å². The highest BCUT2D eigenvalue weighted by Gasteiger charge is 2.65. The van der Waals surface area contributed by atoms with Gasteiger partial charge in [0, 0.05) is 12.5 Å². The smallest absolute Gasteiger partial charge is 0.167 e. The zero-order valence-corrected chi connectivity index (χ0v) is 22.2. The van der Waals surface area contributed by atoms with Crippen LogP contribution in [0.15, 0.2) is 47.1 Å². The van der Waals surface area contributed by atoms with E-state index >= 15 is 0 Å². The van der Waals surface area contributed by atoms with E-state index in [0.29, 0.717) is 25.4 Å². The Hall–Kier alpha value is -1.53. The van der Waals surface area contributed by atoms with Crippen LogP contribution in [-0.4, -0.2) is 46.7 Å². The van der Waals surface area contributed by atoms with E-state index in [2.05, 4.69) is 31.7 Å². The molecule has 194 valence electrons. The second-order valence-corrected chi connectivity index (χ2v) is 12.1. The molecule has 0 bridgehead atoms. The molecule has 0 aromatic carbocycles. The molecule has 0 radical (unpaired) electrons. The maximum Gasteiger partial charge on any atom is 0.167 e. The molecule has 0 aromatic heterocycles. The molecule has 2 heterocycles. The second-order valence-electron chi connectivity index (χ2n) is 12.1. The number of carbonyl (C=O) groups is 1. The molecule has 1 spiro atoms. The maximum absolute atomic E-state index is 11.7. The summed E-state index contributed by atoms with van der Waals surface area (Å²) in [5.41, 5.74) is 1.90. The molecular formula is C30H44O5. The van der Waals surface area contributed by atoms with Crippen LogP contribution in [0.2, 0.25) is 0 Å². The van der Waals surface area contributed by atoms with Crippen molar-refractivity contribution >= 4 is 6.29 Å². The van der Waals surface area contributed by atoms with Crippen molar-refractivity contribution in [2.75, 3.05) is 6.61 Å². The molecule has 2 saturated heterocycles. The molecule has 5 heteroatoms. The minimum atomic E-state index is -0.942. The molecule has 2 aliphatic heterocycles. The van der Waals surface area contributed by atoms with Gasteiger partial charge in [0.25, 0.3) is 0 Å². The average Bonchev–Trinajstić information content (AvgIpc) is 3.23. The Morgan fingerprint density at radius 2 is 1.89 bits per heavy atom. The third-order valence-electron chi connectivity index (χ3n) is 9.54. The van der Waals surface area contributed by atoms with Gasteiger partial charge >= 0.3 is 0 Å². The van der Waals surface area contributed by atoms with Gasteiger partial charge in [-0.2, -0.15) is 0 Å². The van der Waals surface area contributed by atoms with E-state index < -0.39 is 22.9 Å². The minimum absolute atomic E-state index is 0.0448. The molecule has 2 N–H and O–H groups in total. The second kappa shape index (κ2) is 9.74. The van der Waals surface area contributed by atoms with Crippen LogP contribution in [0.5, 0.6) is 0 Å². The lowest BCUT2D eigenvalue weighted by Gasteiger charge is -2.53. The quantitative estimate of drug-likeness (QED) is 0.236. The van der Waals surface area contributed by atoms with Crippen LogP contribution < -0.4 is 0 Å². The van der Waals surface area contributed by atoms with E-state index in [4.69, 9.17) is 9.47 Å². The van der Waals surface area contributed by atoms with Crippen molar-refractivity contribution in [2.45, 2.75) is 103 Å². The van der Waals surface area contributed by atoms with E-state index in [1.165, 1.54) is 5.57 Å². The van der Waals surface area contributed by atoms with Crippen molar-refractivity contribution in [1.29, 1.82) is 0 Å². The van der Waals surface area contributed by atoms with E-state index in [1.807, 2.05) is 27.7 Å². The number of carbonyl (C=O) groups excluding carboxylic acids is 1. The Bertz CT molecular complexity index is 938. The summed E-state index contributed by atoms with van der Waals surface area (Å²) in [4.78, 5) is 11.7. The van der Waals surface area contributed by atoms with Crippen LogP contribution in [-0.2, 0) is 14.3 Å². The fourth-order valence-corrected chi connectivity index (χ4v) is 7.48. The molecular weight excluding hydrogens is 440 g/mol. The van der Waals surface area contributed by atoms with Gasteiger partial charge in [-0.05, 0) is 97.0 Å². The Kier molecular flexibility index (Phi) is 7.38. The summed E-state index contributed by atoms with van der Waals surface area (Å²) in [7, 11) is 0. The molecule has 4 aliphatic rings. The molecule has 0 amide bonds. The molecule has 0 unspecified atom stereocenters. The normalized spacial score (nSPS) is 45.7. The number of ether oxygens (including phenoxy) is 2. The largest absolute Gasteiger partial charge is 0.390 e. The van der Waals surface area contributed by atoms with Gasteiger partial charge in [-0.1, -0.05) is 41.5 Å². The van der Waals surface area contributed by atoms with E-state index in [9.17, 15) is 15.0 Å². The van der Waals surface area contributed by atoms with Crippen LogP contribution in [0.3, 0.4) is 0 Å². The lowest BCUT2D eigenvalue weighted by molar-refractivity contribution is -0.230. The lowest BCUT2D eigenvalue weighted by Crippen LogP contribution is -2.58. The van der Waals surface area contributed by atoms with E-state index in [1.54, 1.807) is 0 Å². The number of aldehydes is 1. The fourth-order valence-electron chi connectivity index (χ4n) is 7.48. The molecule has 8 atom stereocenters. The number of hydrogen-bond acceptors (Lipinski definition) is 5. The van der Waals surface area contributed by atoms with Crippen molar-refractivity contribution in [3.63, 3.8) is 0 Å². The first kappa shape index (κ1) is 26.5. The van der Waals surface area contributed by atoms with Crippen LogP contribution in [0.4, 0.5) is 0 Å². The van der Waals surface area contributed by atoms with Crippen molar-refractivity contribution in [1.82, 2.24) is 0 Å². The highest BCUT2D eigenvalue weighted by atomic mass is 16.7. The van der Waals surface area contributed by atoms with Crippen molar-refractivity contribution in [3.05, 3.63) is 47.1 Å². The number of hydrogen-bond donors (Lipinski definition) is 2. The third-order valence-corrected chi connectivity index (χ3v) is 9.54. The van der Waals surface area contributed by atoms with Gasteiger partial charge < -0.3 is 19.7 Å². The monoisotopic (exact) mass is 484 g/mol. The molecule has 35 heavy (non-hydrogen) atoms. The standard InChI is InChI=1S/C30H44O5/c1-19(2)23-11-13-28(5,32)25(23)10-9-20(3)16-22-17-30-26(8-7-15-34-27(30)35-22)24(21(4)18-31)12-14-29(30,6)33/h9-10,16,18,22-23,25-27,32-33H,1,7-8,11-15,17H2,2-6H3/b10-9+,20-16+,24-21-/t22-,23-,25-,26-,27-,28-,29+,30+/m1/s1. The highest BCUT2D eigenvalue weighted by Crippen LogP contribution is 2.62. The van der Waals surface area contributed by atoms with Gasteiger partial charge in [0.15, 0.2) is 6.29 Å². The zero-order valence-electron chi connectivity index (χ0n) is 22.2. The first-order valence-corrected chi connectivity index (χ1v) is 13.3. The fraction of sp³-hybridized carbons (Fsp3) is 0.700. The minimum Gasteiger partial charge on any atom is -0.390 e. The Morgan fingerprint density at radius 3 is 2.57 bits per heavy atom. The van der Waals surface area contributed by atoms with Gasteiger partial charge in [-0.3, -0.25) is 4.79 Å². The zero-order chi connectivity index (χ0) is 25.6. The summed E-state index contributed by atoms with van der Waals surface area (Å²) in [5.74, 6) is 0.409. The van der Waals surface area contributed by atoms with Crippen LogP contribution in [0.1, 0.15) is 79.6 Å². The Labute approximate surface area is 211 Å². The van der Waals surface area contributed by atoms with Crippen LogP contribution >= 0.6 is 0 Å². The number of allylic oxidation sites excluding steroid dienone is 5. The summed E-state index contributed by atoms with van der Waals surface area (Å²) in [6.07, 6.45) is 12.1. The van der Waals surface area contributed by atoms with Gasteiger partial charge in [0.2, 0.25) is 0 Å². The summed E-state index contributed by atoms with van der Waals surface area (Å²) in [6.45, 7) is 14.6. The predicted octanol–water partition coefficient (Wildman–Crippen LogP) is 5.43. The van der Waals surface area contributed by atoms with Crippen molar-refractivity contribution in [2.24, 2.45) is 23.2 Å². The summed E-state index contributed by atoms with van der Waals surface area (Å²) in [6, 6.07) is 0. The summed E-state index contributed by atoms with van der Waals surface area (Å²) >= 11 is 0. The average molecular weight is 485 g/mol.